The highest BCUT2D eigenvalue weighted by atomic mass is 32.1. The summed E-state index contributed by atoms with van der Waals surface area (Å²) in [6.07, 6.45) is 3.75. The van der Waals surface area contributed by atoms with Crippen LogP contribution in [0.3, 0.4) is 0 Å². The average Bonchev–Trinajstić information content (AvgIpc) is 2.26. The van der Waals surface area contributed by atoms with Gasteiger partial charge < -0.3 is 10.6 Å². The Balaban J connectivity index is 2.47. The van der Waals surface area contributed by atoms with Gasteiger partial charge in [0.05, 0.1) is 4.99 Å². The summed E-state index contributed by atoms with van der Waals surface area (Å²) in [6, 6.07) is 0. The van der Waals surface area contributed by atoms with Crippen LogP contribution in [0.2, 0.25) is 0 Å². The van der Waals surface area contributed by atoms with Crippen molar-refractivity contribution in [2.45, 2.75) is 53.4 Å². The molecule has 1 heterocycles. The van der Waals surface area contributed by atoms with Gasteiger partial charge in [-0.05, 0) is 30.6 Å². The molecule has 0 spiro atoms. The Labute approximate surface area is 122 Å². The summed E-state index contributed by atoms with van der Waals surface area (Å²) >= 11 is 5.05. The minimum atomic E-state index is 0.214. The minimum Gasteiger partial charge on any atom is -0.393 e. The molecule has 0 aromatic heterocycles. The van der Waals surface area contributed by atoms with E-state index in [0.717, 1.165) is 32.4 Å². The molecule has 2 atom stereocenters. The summed E-state index contributed by atoms with van der Waals surface area (Å²) in [6.45, 7) is 10.4. The quantitative estimate of drug-likeness (QED) is 0.807. The van der Waals surface area contributed by atoms with Crippen LogP contribution in [0, 0.1) is 17.3 Å². The maximum Gasteiger partial charge on any atom is 0.222 e. The first-order chi connectivity index (χ1) is 8.69. The number of nitrogens with zero attached hydrogens (tertiary/aromatic N) is 1. The normalized spacial score (nSPS) is 22.1. The zero-order valence-corrected chi connectivity index (χ0v) is 13.6. The van der Waals surface area contributed by atoms with Gasteiger partial charge in [-0.25, -0.2) is 0 Å². The standard InChI is InChI=1S/C15H28N2OS/c1-11(9-15(2,3)4)8-13(18)17-7-5-6-12(10-17)14(16)19/h11-12H,5-10H2,1-4H3,(H2,16,19). The molecule has 110 valence electrons. The molecule has 0 radical (unpaired) electrons. The fourth-order valence-corrected chi connectivity index (χ4v) is 3.17. The molecule has 1 aliphatic heterocycles. The molecule has 0 aliphatic carbocycles. The Bertz CT molecular complexity index is 336. The number of rotatable bonds is 4. The predicted octanol–water partition coefficient (Wildman–Crippen LogP) is 2.97. The number of carbonyl (C=O) groups is 1. The fourth-order valence-electron chi connectivity index (χ4n) is 2.98. The number of carbonyl (C=O) groups excluding carboxylic acids is 1. The van der Waals surface area contributed by atoms with E-state index in [0.29, 0.717) is 17.3 Å². The third kappa shape index (κ3) is 5.89. The Morgan fingerprint density at radius 3 is 2.63 bits per heavy atom. The highest BCUT2D eigenvalue weighted by Crippen LogP contribution is 2.27. The highest BCUT2D eigenvalue weighted by molar-refractivity contribution is 7.80. The van der Waals surface area contributed by atoms with E-state index in [2.05, 4.69) is 27.7 Å². The number of nitrogens with two attached hydrogens (primary N) is 1. The van der Waals surface area contributed by atoms with Gasteiger partial charge in [-0.1, -0.05) is 39.9 Å². The molecule has 19 heavy (non-hydrogen) atoms. The molecule has 0 aromatic carbocycles. The molecule has 1 rings (SSSR count). The lowest BCUT2D eigenvalue weighted by Gasteiger charge is -2.33. The lowest BCUT2D eigenvalue weighted by Crippen LogP contribution is -2.44. The number of amides is 1. The van der Waals surface area contributed by atoms with Gasteiger partial charge in [0.1, 0.15) is 0 Å². The van der Waals surface area contributed by atoms with Crippen molar-refractivity contribution in [3.05, 3.63) is 0 Å². The van der Waals surface area contributed by atoms with Crippen LogP contribution in [-0.2, 0) is 4.79 Å². The van der Waals surface area contributed by atoms with Crippen molar-refractivity contribution in [1.82, 2.24) is 4.90 Å². The van der Waals surface area contributed by atoms with E-state index in [1.807, 2.05) is 4.90 Å². The van der Waals surface area contributed by atoms with Crippen LogP contribution < -0.4 is 5.73 Å². The van der Waals surface area contributed by atoms with Crippen LogP contribution in [0.5, 0.6) is 0 Å². The van der Waals surface area contributed by atoms with Crippen molar-refractivity contribution in [2.75, 3.05) is 13.1 Å². The van der Waals surface area contributed by atoms with E-state index in [1.165, 1.54) is 0 Å². The topological polar surface area (TPSA) is 46.3 Å². The lowest BCUT2D eigenvalue weighted by atomic mass is 9.84. The molecule has 1 amide bonds. The van der Waals surface area contributed by atoms with Gasteiger partial charge in [0, 0.05) is 25.4 Å². The molecule has 0 saturated carbocycles. The van der Waals surface area contributed by atoms with Gasteiger partial charge in [-0.3, -0.25) is 4.79 Å². The Kier molecular flexibility index (Phi) is 5.78. The maximum atomic E-state index is 12.3. The molecular formula is C15H28N2OS. The Morgan fingerprint density at radius 1 is 1.47 bits per heavy atom. The molecule has 0 aromatic rings. The zero-order chi connectivity index (χ0) is 14.6. The van der Waals surface area contributed by atoms with Gasteiger partial charge in [0.15, 0.2) is 0 Å². The molecule has 1 aliphatic rings. The van der Waals surface area contributed by atoms with Gasteiger partial charge in [0.25, 0.3) is 0 Å². The van der Waals surface area contributed by atoms with Crippen molar-refractivity contribution < 1.29 is 4.79 Å². The van der Waals surface area contributed by atoms with Gasteiger partial charge >= 0.3 is 0 Å². The average molecular weight is 284 g/mol. The summed E-state index contributed by atoms with van der Waals surface area (Å²) < 4.78 is 0. The summed E-state index contributed by atoms with van der Waals surface area (Å²) in [5, 5.41) is 0. The second-order valence-electron chi connectivity index (χ2n) is 7.16. The zero-order valence-electron chi connectivity index (χ0n) is 12.7. The molecule has 2 N–H and O–H groups in total. The number of piperidine rings is 1. The van der Waals surface area contributed by atoms with Crippen LogP contribution in [0.1, 0.15) is 53.4 Å². The number of hydrogen-bond acceptors (Lipinski definition) is 2. The van der Waals surface area contributed by atoms with Gasteiger partial charge in [-0.15, -0.1) is 0 Å². The molecule has 4 heteroatoms. The predicted molar refractivity (Wildman–Crippen MR) is 83.9 cm³/mol. The van der Waals surface area contributed by atoms with Crippen molar-refractivity contribution in [3.63, 3.8) is 0 Å². The monoisotopic (exact) mass is 284 g/mol. The summed E-state index contributed by atoms with van der Waals surface area (Å²) in [5.74, 6) is 0.904. The number of thiocarbonyl (C=S) groups is 1. The Morgan fingerprint density at radius 2 is 2.11 bits per heavy atom. The SMILES string of the molecule is CC(CC(=O)N1CCCC(C(N)=S)C1)CC(C)(C)C. The van der Waals surface area contributed by atoms with Gasteiger partial charge in [0.2, 0.25) is 5.91 Å². The van der Waals surface area contributed by atoms with E-state index in [1.54, 1.807) is 0 Å². The Hall–Kier alpha value is -0.640. The van der Waals surface area contributed by atoms with Crippen LogP contribution in [0.15, 0.2) is 0 Å². The third-order valence-corrected chi connectivity index (χ3v) is 3.99. The molecule has 0 bridgehead atoms. The fraction of sp³-hybridized carbons (Fsp3) is 0.867. The smallest absolute Gasteiger partial charge is 0.222 e. The van der Waals surface area contributed by atoms with E-state index in [9.17, 15) is 4.79 Å². The van der Waals surface area contributed by atoms with Crippen LogP contribution in [-0.4, -0.2) is 28.9 Å². The first kappa shape index (κ1) is 16.4. The third-order valence-electron chi connectivity index (χ3n) is 3.66. The minimum absolute atomic E-state index is 0.214. The largest absolute Gasteiger partial charge is 0.393 e. The summed E-state index contributed by atoms with van der Waals surface area (Å²) in [4.78, 5) is 14.8. The van der Waals surface area contributed by atoms with E-state index in [-0.39, 0.29) is 17.2 Å². The molecule has 3 nitrogen and oxygen atoms in total. The van der Waals surface area contributed by atoms with Crippen molar-refractivity contribution in [2.24, 2.45) is 23.0 Å². The molecule has 1 saturated heterocycles. The maximum absolute atomic E-state index is 12.3. The second kappa shape index (κ2) is 6.69. The van der Waals surface area contributed by atoms with Crippen molar-refractivity contribution in [1.29, 1.82) is 0 Å². The molecule has 1 fully saturated rings. The van der Waals surface area contributed by atoms with E-state index >= 15 is 0 Å². The van der Waals surface area contributed by atoms with Crippen molar-refractivity contribution in [3.8, 4) is 0 Å². The van der Waals surface area contributed by atoms with E-state index < -0.39 is 0 Å². The van der Waals surface area contributed by atoms with Crippen LogP contribution in [0.25, 0.3) is 0 Å². The number of likely N-dealkylation sites (tertiary alicyclic amines) is 1. The van der Waals surface area contributed by atoms with Crippen LogP contribution in [0.4, 0.5) is 0 Å². The van der Waals surface area contributed by atoms with Crippen LogP contribution >= 0.6 is 12.2 Å². The van der Waals surface area contributed by atoms with Gasteiger partial charge in [-0.2, -0.15) is 0 Å². The molecule has 2 unspecified atom stereocenters. The first-order valence-electron chi connectivity index (χ1n) is 7.26. The highest BCUT2D eigenvalue weighted by Gasteiger charge is 2.26. The second-order valence-corrected chi connectivity index (χ2v) is 7.63. The molecular weight excluding hydrogens is 256 g/mol. The first-order valence-corrected chi connectivity index (χ1v) is 7.67. The van der Waals surface area contributed by atoms with Crippen molar-refractivity contribution >= 4 is 23.1 Å². The summed E-state index contributed by atoms with van der Waals surface area (Å²) in [5.41, 5.74) is 5.99. The lowest BCUT2D eigenvalue weighted by molar-refractivity contribution is -0.133. The number of hydrogen-bond donors (Lipinski definition) is 1. The summed E-state index contributed by atoms with van der Waals surface area (Å²) in [7, 11) is 0. The van der Waals surface area contributed by atoms with E-state index in [4.69, 9.17) is 18.0 Å².